The number of carbonyl (C=O) groups is 2. The number of amides is 3. The van der Waals surface area contributed by atoms with Gasteiger partial charge in [-0.3, -0.25) is 15.4 Å². The van der Waals surface area contributed by atoms with E-state index in [1.54, 1.807) is 9.80 Å². The molecular weight excluding hydrogens is 577 g/mol. The van der Waals surface area contributed by atoms with Gasteiger partial charge in [0.25, 0.3) is 5.91 Å². The maximum absolute atomic E-state index is 14.8. The minimum Gasteiger partial charge on any atom is -0.494 e. The minimum atomic E-state index is -1.39. The predicted octanol–water partition coefficient (Wildman–Crippen LogP) is 4.84. The number of nitrogens with two attached hydrogens (primary N) is 1. The van der Waals surface area contributed by atoms with E-state index in [1.807, 2.05) is 80.6 Å². The Morgan fingerprint density at radius 1 is 0.810 bits per heavy atom. The molecule has 2 saturated heterocycles. The lowest BCUT2D eigenvalue weighted by molar-refractivity contribution is -0.141. The van der Waals surface area contributed by atoms with Gasteiger partial charge in [0.05, 0.1) is 25.3 Å². The van der Waals surface area contributed by atoms with Crippen molar-refractivity contribution < 1.29 is 19.1 Å². The number of hydrogen-bond acceptors (Lipinski definition) is 6. The second-order valence-corrected chi connectivity index (χ2v) is 11.1. The van der Waals surface area contributed by atoms with Crippen molar-refractivity contribution in [1.82, 2.24) is 20.4 Å². The molecule has 2 fully saturated rings. The Balaban J connectivity index is 1.65. The first-order valence-electron chi connectivity index (χ1n) is 14.1. The van der Waals surface area contributed by atoms with Gasteiger partial charge in [-0.15, -0.1) is 0 Å². The molecule has 0 saturated carbocycles. The molecule has 5 rings (SSSR count). The fourth-order valence-electron chi connectivity index (χ4n) is 5.67. The third-order valence-electron chi connectivity index (χ3n) is 7.70. The molecule has 9 nitrogen and oxygen atoms in total. The molecule has 2 unspecified atom stereocenters. The SMILES string of the molecule is CCOc1ccc(C2(C(=O)N3CCN(C(N)=O)CC3)NC(c3ccc(Cl)cc3)C(c3ccc(Cl)cc3)N2)c(OCC)c1. The Morgan fingerprint density at radius 2 is 1.31 bits per heavy atom. The van der Waals surface area contributed by atoms with E-state index in [0.29, 0.717) is 66.5 Å². The van der Waals surface area contributed by atoms with E-state index in [1.165, 1.54) is 0 Å². The van der Waals surface area contributed by atoms with Gasteiger partial charge in [0.15, 0.2) is 5.66 Å². The Hall–Kier alpha value is -3.50. The van der Waals surface area contributed by atoms with Crippen molar-refractivity contribution >= 4 is 35.1 Å². The summed E-state index contributed by atoms with van der Waals surface area (Å²) >= 11 is 12.5. The van der Waals surface area contributed by atoms with Gasteiger partial charge in [-0.2, -0.15) is 0 Å². The van der Waals surface area contributed by atoms with Crippen LogP contribution in [0.1, 0.15) is 42.6 Å². The highest BCUT2D eigenvalue weighted by molar-refractivity contribution is 6.30. The van der Waals surface area contributed by atoms with Gasteiger partial charge < -0.3 is 25.0 Å². The van der Waals surface area contributed by atoms with Gasteiger partial charge in [0, 0.05) is 47.9 Å². The molecule has 2 aliphatic rings. The zero-order valence-electron chi connectivity index (χ0n) is 23.6. The monoisotopic (exact) mass is 611 g/mol. The number of halogens is 2. The topological polar surface area (TPSA) is 109 Å². The molecule has 2 heterocycles. The number of nitrogens with zero attached hydrogens (tertiary/aromatic N) is 2. The van der Waals surface area contributed by atoms with Crippen LogP contribution in [0.4, 0.5) is 4.79 Å². The number of rotatable bonds is 8. The second kappa shape index (κ2) is 12.8. The van der Waals surface area contributed by atoms with Crippen molar-refractivity contribution in [3.63, 3.8) is 0 Å². The maximum Gasteiger partial charge on any atom is 0.314 e. The van der Waals surface area contributed by atoms with Gasteiger partial charge in [-0.05, 0) is 61.4 Å². The van der Waals surface area contributed by atoms with Crippen LogP contribution in [0.15, 0.2) is 66.7 Å². The van der Waals surface area contributed by atoms with Crippen molar-refractivity contribution in [2.24, 2.45) is 5.73 Å². The van der Waals surface area contributed by atoms with E-state index in [0.717, 1.165) is 11.1 Å². The van der Waals surface area contributed by atoms with Gasteiger partial charge >= 0.3 is 6.03 Å². The van der Waals surface area contributed by atoms with Crippen molar-refractivity contribution in [3.8, 4) is 11.5 Å². The Kier molecular flexibility index (Phi) is 9.13. The molecule has 0 aromatic heterocycles. The summed E-state index contributed by atoms with van der Waals surface area (Å²) in [6.07, 6.45) is 0. The van der Waals surface area contributed by atoms with E-state index in [9.17, 15) is 9.59 Å². The number of ether oxygens (including phenoxy) is 2. The molecule has 3 aromatic carbocycles. The first kappa shape index (κ1) is 30.0. The highest BCUT2D eigenvalue weighted by atomic mass is 35.5. The number of benzene rings is 3. The summed E-state index contributed by atoms with van der Waals surface area (Å²) in [6, 6.07) is 19.6. The quantitative estimate of drug-likeness (QED) is 0.336. The van der Waals surface area contributed by atoms with Crippen molar-refractivity contribution in [2.45, 2.75) is 31.6 Å². The lowest BCUT2D eigenvalue weighted by Gasteiger charge is -2.40. The lowest BCUT2D eigenvalue weighted by atomic mass is 9.95. The largest absolute Gasteiger partial charge is 0.494 e. The van der Waals surface area contributed by atoms with Crippen LogP contribution in [0, 0.1) is 0 Å². The zero-order chi connectivity index (χ0) is 29.9. The smallest absolute Gasteiger partial charge is 0.314 e. The molecular formula is C31H35Cl2N5O4. The summed E-state index contributed by atoms with van der Waals surface area (Å²) in [7, 11) is 0. The highest BCUT2D eigenvalue weighted by Crippen LogP contribution is 2.45. The fourth-order valence-corrected chi connectivity index (χ4v) is 5.92. The predicted molar refractivity (Wildman–Crippen MR) is 163 cm³/mol. The average molecular weight is 613 g/mol. The minimum absolute atomic E-state index is 0.188. The molecule has 3 amide bonds. The summed E-state index contributed by atoms with van der Waals surface area (Å²) in [4.78, 5) is 29.9. The van der Waals surface area contributed by atoms with E-state index < -0.39 is 11.7 Å². The maximum atomic E-state index is 14.8. The van der Waals surface area contributed by atoms with Crippen LogP contribution in [0.5, 0.6) is 11.5 Å². The third-order valence-corrected chi connectivity index (χ3v) is 8.21. The summed E-state index contributed by atoms with van der Waals surface area (Å²) in [5.41, 5.74) is 6.65. The molecule has 2 aliphatic heterocycles. The van der Waals surface area contributed by atoms with Crippen LogP contribution in [0.25, 0.3) is 0 Å². The van der Waals surface area contributed by atoms with Crippen molar-refractivity contribution in [1.29, 1.82) is 0 Å². The van der Waals surface area contributed by atoms with Gasteiger partial charge in [0.1, 0.15) is 11.5 Å². The van der Waals surface area contributed by atoms with Crippen LogP contribution in [-0.4, -0.2) is 61.1 Å². The number of carbonyl (C=O) groups excluding carboxylic acids is 2. The fraction of sp³-hybridized carbons (Fsp3) is 0.355. The van der Waals surface area contributed by atoms with Crippen molar-refractivity contribution in [3.05, 3.63) is 93.5 Å². The summed E-state index contributed by atoms with van der Waals surface area (Å²) in [5, 5.41) is 8.63. The molecule has 0 bridgehead atoms. The summed E-state index contributed by atoms with van der Waals surface area (Å²) in [6.45, 7) is 6.07. The van der Waals surface area contributed by atoms with Crippen LogP contribution >= 0.6 is 23.2 Å². The van der Waals surface area contributed by atoms with Crippen molar-refractivity contribution in [2.75, 3.05) is 39.4 Å². The first-order chi connectivity index (χ1) is 20.3. The Labute approximate surface area is 255 Å². The lowest BCUT2D eigenvalue weighted by Crippen LogP contribution is -2.62. The van der Waals surface area contributed by atoms with E-state index in [-0.39, 0.29) is 18.0 Å². The normalized spacial score (nSPS) is 22.2. The Bertz CT molecular complexity index is 1360. The van der Waals surface area contributed by atoms with Crippen LogP contribution in [0.3, 0.4) is 0 Å². The number of piperazine rings is 1. The van der Waals surface area contributed by atoms with Gasteiger partial charge in [-0.25, -0.2) is 4.79 Å². The number of urea groups is 1. The number of hydrogen-bond donors (Lipinski definition) is 3. The van der Waals surface area contributed by atoms with Gasteiger partial charge in [-0.1, -0.05) is 47.5 Å². The molecule has 222 valence electrons. The molecule has 11 heteroatoms. The number of primary amides is 1. The third kappa shape index (κ3) is 6.01. The van der Waals surface area contributed by atoms with Crippen LogP contribution in [-0.2, 0) is 10.5 Å². The average Bonchev–Trinajstić information content (AvgIpc) is 3.40. The van der Waals surface area contributed by atoms with E-state index in [2.05, 4.69) is 10.6 Å². The standard InChI is InChI=1S/C31H35Cl2N5O4/c1-3-41-24-13-14-25(26(19-24)42-4-2)31(29(39)37-15-17-38(18-16-37)30(34)40)35-27(20-5-9-22(32)10-6-20)28(36-31)21-7-11-23(33)12-8-21/h5-14,19,27-28,35-36H,3-4,15-18H2,1-2H3,(H2,34,40). The molecule has 0 aliphatic carbocycles. The molecule has 0 spiro atoms. The first-order valence-corrected chi connectivity index (χ1v) is 14.8. The van der Waals surface area contributed by atoms with Crippen LogP contribution in [0.2, 0.25) is 10.0 Å². The summed E-state index contributed by atoms with van der Waals surface area (Å²) in [5.74, 6) is 0.982. The van der Waals surface area contributed by atoms with Crippen LogP contribution < -0.4 is 25.8 Å². The summed E-state index contributed by atoms with van der Waals surface area (Å²) < 4.78 is 11.9. The van der Waals surface area contributed by atoms with E-state index in [4.69, 9.17) is 38.4 Å². The number of nitrogens with one attached hydrogen (secondary N) is 2. The van der Waals surface area contributed by atoms with E-state index >= 15 is 0 Å². The molecule has 4 N–H and O–H groups in total. The highest BCUT2D eigenvalue weighted by Gasteiger charge is 2.54. The van der Waals surface area contributed by atoms with Gasteiger partial charge in [0.2, 0.25) is 0 Å². The molecule has 3 aromatic rings. The molecule has 42 heavy (non-hydrogen) atoms. The second-order valence-electron chi connectivity index (χ2n) is 10.2. The molecule has 2 atom stereocenters. The zero-order valence-corrected chi connectivity index (χ0v) is 25.1. The molecule has 0 radical (unpaired) electrons. The Morgan fingerprint density at radius 3 is 1.79 bits per heavy atom.